The van der Waals surface area contributed by atoms with E-state index in [9.17, 15) is 15.2 Å². The number of non-ortho nitro benzene ring substituents is 1. The van der Waals surface area contributed by atoms with Gasteiger partial charge in [0.2, 0.25) is 0 Å². The first-order valence-corrected chi connectivity index (χ1v) is 8.88. The minimum absolute atomic E-state index is 0. The van der Waals surface area contributed by atoms with E-state index in [4.69, 9.17) is 11.6 Å². The van der Waals surface area contributed by atoms with Gasteiger partial charge in [-0.05, 0) is 24.6 Å². The predicted octanol–water partition coefficient (Wildman–Crippen LogP) is 3.72. The van der Waals surface area contributed by atoms with Crippen molar-refractivity contribution in [1.82, 2.24) is 10.6 Å². The van der Waals surface area contributed by atoms with E-state index in [0.29, 0.717) is 16.8 Å². The molecule has 0 saturated heterocycles. The molecule has 0 saturated carbocycles. The van der Waals surface area contributed by atoms with Gasteiger partial charge in [-0.1, -0.05) is 23.7 Å². The van der Waals surface area contributed by atoms with Crippen molar-refractivity contribution in [2.45, 2.75) is 19.6 Å². The number of nitrogens with zero attached hydrogens (tertiary/aromatic N) is 2. The smallest absolute Gasteiger partial charge is 0.269 e. The first-order valence-electron chi connectivity index (χ1n) is 7.68. The second kappa shape index (κ2) is 11.3. The van der Waals surface area contributed by atoms with E-state index in [-0.39, 0.29) is 42.8 Å². The largest absolute Gasteiger partial charge is 0.386 e. The van der Waals surface area contributed by atoms with Crippen molar-refractivity contribution >= 4 is 58.6 Å². The topological polar surface area (TPSA) is 99.8 Å². The van der Waals surface area contributed by atoms with Crippen LogP contribution >= 0.6 is 46.9 Å². The maximum Gasteiger partial charge on any atom is 0.269 e. The van der Waals surface area contributed by atoms with Crippen LogP contribution in [-0.2, 0) is 6.54 Å². The van der Waals surface area contributed by atoms with Gasteiger partial charge in [0.05, 0.1) is 15.8 Å². The molecule has 0 fully saturated rings. The number of nitro benzene ring substituents is 1. The molecule has 142 valence electrons. The van der Waals surface area contributed by atoms with Crippen molar-refractivity contribution in [2.75, 3.05) is 13.1 Å². The summed E-state index contributed by atoms with van der Waals surface area (Å²) in [6.45, 7) is 3.15. The van der Waals surface area contributed by atoms with Crippen LogP contribution in [0.25, 0.3) is 0 Å². The van der Waals surface area contributed by atoms with Gasteiger partial charge in [0, 0.05) is 30.1 Å². The fourth-order valence-corrected chi connectivity index (χ4v) is 3.13. The highest BCUT2D eigenvalue weighted by atomic mass is 127. The van der Waals surface area contributed by atoms with E-state index in [1.54, 1.807) is 24.3 Å². The summed E-state index contributed by atoms with van der Waals surface area (Å²) in [5.74, 6) is 0.524. The predicted molar refractivity (Wildman–Crippen MR) is 116 cm³/mol. The summed E-state index contributed by atoms with van der Waals surface area (Å²) in [6, 6.07) is 9.88. The van der Waals surface area contributed by atoms with E-state index < -0.39 is 11.0 Å². The van der Waals surface area contributed by atoms with E-state index in [0.717, 1.165) is 10.4 Å². The zero-order chi connectivity index (χ0) is 18.2. The zero-order valence-corrected chi connectivity index (χ0v) is 17.9. The highest BCUT2D eigenvalue weighted by Gasteiger charge is 2.11. The van der Waals surface area contributed by atoms with Gasteiger partial charge < -0.3 is 15.7 Å². The van der Waals surface area contributed by atoms with Crippen LogP contribution < -0.4 is 10.6 Å². The third-order valence-electron chi connectivity index (χ3n) is 3.27. The average molecular weight is 511 g/mol. The Kier molecular flexibility index (Phi) is 9.84. The lowest BCUT2D eigenvalue weighted by Gasteiger charge is -2.14. The summed E-state index contributed by atoms with van der Waals surface area (Å²) in [5, 5.41) is 27.1. The Bertz CT molecular complexity index is 757. The molecule has 0 radical (unpaired) electrons. The van der Waals surface area contributed by atoms with Crippen molar-refractivity contribution in [3.8, 4) is 0 Å². The Morgan fingerprint density at radius 3 is 2.77 bits per heavy atom. The summed E-state index contributed by atoms with van der Waals surface area (Å²) in [5.41, 5.74) is 0.771. The number of nitrogens with one attached hydrogen (secondary N) is 2. The molecular formula is C16H20ClIN4O3S. The number of guanidine groups is 1. The Morgan fingerprint density at radius 1 is 1.38 bits per heavy atom. The summed E-state index contributed by atoms with van der Waals surface area (Å²) in [4.78, 5) is 15.5. The van der Waals surface area contributed by atoms with Gasteiger partial charge in [0.1, 0.15) is 6.10 Å². The average Bonchev–Trinajstić information content (AvgIpc) is 3.04. The minimum atomic E-state index is -0.695. The quantitative estimate of drug-likeness (QED) is 0.173. The van der Waals surface area contributed by atoms with Crippen LogP contribution in [0, 0.1) is 10.1 Å². The van der Waals surface area contributed by atoms with Gasteiger partial charge in [0.25, 0.3) is 5.69 Å². The van der Waals surface area contributed by atoms with Crippen molar-refractivity contribution < 1.29 is 10.0 Å². The van der Waals surface area contributed by atoms with Gasteiger partial charge >= 0.3 is 0 Å². The van der Waals surface area contributed by atoms with E-state index in [1.165, 1.54) is 23.5 Å². The molecule has 26 heavy (non-hydrogen) atoms. The van der Waals surface area contributed by atoms with E-state index >= 15 is 0 Å². The first-order chi connectivity index (χ1) is 12.0. The van der Waals surface area contributed by atoms with Crippen LogP contribution in [0.1, 0.15) is 23.5 Å². The van der Waals surface area contributed by atoms with E-state index in [1.807, 2.05) is 6.92 Å². The highest BCUT2D eigenvalue weighted by Crippen LogP contribution is 2.26. The van der Waals surface area contributed by atoms with Crippen molar-refractivity contribution in [3.05, 3.63) is 61.3 Å². The standard InChI is InChI=1S/C16H19ClN4O3S.HI/c1-2-18-16(20-10-13(22)14-6-7-15(17)25-14)19-9-11-4-3-5-12(8-11)21(23)24;/h3-8,13,22H,2,9-10H2,1H3,(H2,18,19,20);1H. The number of aliphatic imine (C=N–C) groups is 1. The van der Waals surface area contributed by atoms with Crippen LogP contribution in [-0.4, -0.2) is 29.1 Å². The normalized spacial score (nSPS) is 12.2. The van der Waals surface area contributed by atoms with Crippen LogP contribution in [0.4, 0.5) is 5.69 Å². The maximum atomic E-state index is 10.8. The Hall–Kier alpha value is -1.43. The van der Waals surface area contributed by atoms with Gasteiger partial charge in [-0.25, -0.2) is 4.99 Å². The third-order valence-corrected chi connectivity index (χ3v) is 4.60. The molecule has 0 aliphatic carbocycles. The number of thiophene rings is 1. The lowest BCUT2D eigenvalue weighted by Crippen LogP contribution is -2.39. The van der Waals surface area contributed by atoms with Crippen molar-refractivity contribution in [1.29, 1.82) is 0 Å². The fraction of sp³-hybridized carbons (Fsp3) is 0.312. The molecule has 2 rings (SSSR count). The lowest BCUT2D eigenvalue weighted by molar-refractivity contribution is -0.384. The molecule has 10 heteroatoms. The number of hydrogen-bond donors (Lipinski definition) is 3. The Morgan fingerprint density at radius 2 is 2.15 bits per heavy atom. The minimum Gasteiger partial charge on any atom is -0.386 e. The molecule has 7 nitrogen and oxygen atoms in total. The molecule has 0 aliphatic rings. The molecule has 0 spiro atoms. The second-order valence-corrected chi connectivity index (χ2v) is 6.91. The van der Waals surface area contributed by atoms with Gasteiger partial charge in [-0.3, -0.25) is 10.1 Å². The molecule has 1 aromatic heterocycles. The first kappa shape index (κ1) is 22.6. The number of hydrogen-bond acceptors (Lipinski definition) is 5. The summed E-state index contributed by atoms with van der Waals surface area (Å²) in [6.07, 6.45) is -0.695. The maximum absolute atomic E-state index is 10.8. The van der Waals surface area contributed by atoms with Crippen LogP contribution in [0.2, 0.25) is 4.34 Å². The Balaban J connectivity index is 0.00000338. The number of halogens is 2. The van der Waals surface area contributed by atoms with Crippen molar-refractivity contribution in [2.24, 2.45) is 4.99 Å². The van der Waals surface area contributed by atoms with E-state index in [2.05, 4.69) is 15.6 Å². The molecule has 1 atom stereocenters. The third kappa shape index (κ3) is 7.06. The van der Waals surface area contributed by atoms with Crippen LogP contribution in [0.15, 0.2) is 41.4 Å². The molecule has 0 aliphatic heterocycles. The zero-order valence-electron chi connectivity index (χ0n) is 14.0. The number of nitro groups is 1. The molecule has 2 aromatic rings. The number of benzene rings is 1. The summed E-state index contributed by atoms with van der Waals surface area (Å²) in [7, 11) is 0. The Labute approximate surface area is 177 Å². The second-order valence-electron chi connectivity index (χ2n) is 5.16. The molecule has 1 heterocycles. The monoisotopic (exact) mass is 510 g/mol. The molecule has 0 amide bonds. The van der Waals surface area contributed by atoms with Gasteiger partial charge in [-0.15, -0.1) is 35.3 Å². The van der Waals surface area contributed by atoms with Crippen LogP contribution in [0.3, 0.4) is 0 Å². The van der Waals surface area contributed by atoms with Gasteiger partial charge in [-0.2, -0.15) is 0 Å². The molecule has 1 aromatic carbocycles. The summed E-state index contributed by atoms with van der Waals surface area (Å²) >= 11 is 7.20. The lowest BCUT2D eigenvalue weighted by atomic mass is 10.2. The fourth-order valence-electron chi connectivity index (χ4n) is 2.08. The molecule has 0 bridgehead atoms. The van der Waals surface area contributed by atoms with Crippen LogP contribution in [0.5, 0.6) is 0 Å². The number of aliphatic hydroxyl groups is 1. The summed E-state index contributed by atoms with van der Waals surface area (Å²) < 4.78 is 0.625. The molecule has 3 N–H and O–H groups in total. The number of aliphatic hydroxyl groups excluding tert-OH is 1. The number of rotatable bonds is 7. The van der Waals surface area contributed by atoms with Crippen molar-refractivity contribution in [3.63, 3.8) is 0 Å². The molecule has 1 unspecified atom stereocenters. The highest BCUT2D eigenvalue weighted by molar-refractivity contribution is 14.0. The van der Waals surface area contributed by atoms with Gasteiger partial charge in [0.15, 0.2) is 5.96 Å². The SMILES string of the molecule is CCNC(=NCc1cccc([N+](=O)[O-])c1)NCC(O)c1ccc(Cl)s1.I. The molecular weight excluding hydrogens is 491 g/mol.